The Morgan fingerprint density at radius 3 is 3.00 bits per heavy atom. The fourth-order valence-corrected chi connectivity index (χ4v) is 1.32. The lowest BCUT2D eigenvalue weighted by atomic mass is 10.2. The Balaban J connectivity index is 2.12. The number of aryl methyl sites for hydroxylation is 1. The molecule has 1 N–H and O–H groups in total. The minimum absolute atomic E-state index is 0.838. The van der Waals surface area contributed by atoms with Crippen molar-refractivity contribution in [3.8, 4) is 0 Å². The molecule has 0 fully saturated rings. The van der Waals surface area contributed by atoms with E-state index < -0.39 is 0 Å². The van der Waals surface area contributed by atoms with Gasteiger partial charge in [0.25, 0.3) is 0 Å². The Morgan fingerprint density at radius 2 is 2.27 bits per heavy atom. The minimum Gasteiger partial charge on any atom is -0.385 e. The Hall–Kier alpha value is -1.09. The van der Waals surface area contributed by atoms with Gasteiger partial charge in [-0.2, -0.15) is 0 Å². The van der Waals surface area contributed by atoms with Gasteiger partial charge < -0.3 is 10.1 Å². The van der Waals surface area contributed by atoms with E-state index in [9.17, 15) is 0 Å². The van der Waals surface area contributed by atoms with Gasteiger partial charge in [0, 0.05) is 37.8 Å². The van der Waals surface area contributed by atoms with Gasteiger partial charge >= 0.3 is 0 Å². The highest BCUT2D eigenvalue weighted by Crippen LogP contribution is 2.10. The summed E-state index contributed by atoms with van der Waals surface area (Å²) < 4.78 is 5.40. The van der Waals surface area contributed by atoms with Gasteiger partial charge in [-0.25, -0.2) is 0 Å². The van der Waals surface area contributed by atoms with E-state index in [0.717, 1.165) is 32.6 Å². The van der Waals surface area contributed by atoms with Crippen LogP contribution >= 0.6 is 0 Å². The second-order valence-corrected chi connectivity index (χ2v) is 3.58. The second kappa shape index (κ2) is 7.23. The zero-order valence-electron chi connectivity index (χ0n) is 9.62. The molecule has 15 heavy (non-hydrogen) atoms. The summed E-state index contributed by atoms with van der Waals surface area (Å²) in [6.07, 6.45) is 5.82. The van der Waals surface area contributed by atoms with Crippen LogP contribution in [0.3, 0.4) is 0 Å². The third-order valence-corrected chi connectivity index (χ3v) is 2.15. The molecule has 0 aliphatic rings. The first-order valence-electron chi connectivity index (χ1n) is 5.57. The van der Waals surface area contributed by atoms with Crippen LogP contribution in [0.5, 0.6) is 0 Å². The van der Waals surface area contributed by atoms with E-state index >= 15 is 0 Å². The summed E-state index contributed by atoms with van der Waals surface area (Å²) in [5.41, 5.74) is 2.35. The number of pyridine rings is 1. The molecule has 0 bridgehead atoms. The average molecular weight is 208 g/mol. The third-order valence-electron chi connectivity index (χ3n) is 2.15. The number of aromatic nitrogens is 1. The molecule has 1 aromatic rings. The molecule has 0 aromatic carbocycles. The number of anilines is 1. The van der Waals surface area contributed by atoms with Crippen LogP contribution in [-0.4, -0.2) is 24.7 Å². The van der Waals surface area contributed by atoms with Crippen LogP contribution in [0.1, 0.15) is 25.3 Å². The van der Waals surface area contributed by atoms with E-state index in [0.29, 0.717) is 0 Å². The van der Waals surface area contributed by atoms with Crippen molar-refractivity contribution in [3.05, 3.63) is 24.0 Å². The highest BCUT2D eigenvalue weighted by Gasteiger charge is 1.95. The van der Waals surface area contributed by atoms with Crippen molar-refractivity contribution >= 4 is 5.69 Å². The molecular weight excluding hydrogens is 188 g/mol. The molecule has 0 atom stereocenters. The van der Waals surface area contributed by atoms with Crippen LogP contribution < -0.4 is 5.32 Å². The summed E-state index contributed by atoms with van der Waals surface area (Å²) in [4.78, 5) is 4.05. The standard InChI is InChI=1S/C12H20N2O/c1-3-8-15-9-4-6-14-12-5-7-13-10-11(12)2/h5,7,10H,3-4,6,8-9H2,1-2H3,(H,13,14). The van der Waals surface area contributed by atoms with Crippen molar-refractivity contribution in [1.29, 1.82) is 0 Å². The van der Waals surface area contributed by atoms with E-state index in [4.69, 9.17) is 4.74 Å². The number of hydrogen-bond donors (Lipinski definition) is 1. The SMILES string of the molecule is CCCOCCCNc1ccncc1C. The molecule has 1 aromatic heterocycles. The first kappa shape index (κ1) is 12.0. The van der Waals surface area contributed by atoms with Crippen LogP contribution in [-0.2, 0) is 4.74 Å². The monoisotopic (exact) mass is 208 g/mol. The normalized spacial score (nSPS) is 10.3. The number of rotatable bonds is 7. The largest absolute Gasteiger partial charge is 0.385 e. The molecule has 3 heteroatoms. The fourth-order valence-electron chi connectivity index (χ4n) is 1.32. The zero-order chi connectivity index (χ0) is 10.9. The molecule has 1 rings (SSSR count). The number of hydrogen-bond acceptors (Lipinski definition) is 3. The lowest BCUT2D eigenvalue weighted by Gasteiger charge is -2.08. The highest BCUT2D eigenvalue weighted by molar-refractivity contribution is 5.48. The van der Waals surface area contributed by atoms with Gasteiger partial charge in [-0.1, -0.05) is 6.92 Å². The van der Waals surface area contributed by atoms with Gasteiger partial charge in [0.1, 0.15) is 0 Å². The van der Waals surface area contributed by atoms with Crippen LogP contribution in [0.2, 0.25) is 0 Å². The maximum absolute atomic E-state index is 5.40. The predicted molar refractivity (Wildman–Crippen MR) is 63.2 cm³/mol. The quantitative estimate of drug-likeness (QED) is 0.699. The van der Waals surface area contributed by atoms with Gasteiger partial charge in [-0.3, -0.25) is 4.98 Å². The van der Waals surface area contributed by atoms with Gasteiger partial charge in [-0.05, 0) is 31.4 Å². The van der Waals surface area contributed by atoms with Gasteiger partial charge in [0.15, 0.2) is 0 Å². The molecule has 0 aliphatic heterocycles. The van der Waals surface area contributed by atoms with Crippen molar-refractivity contribution in [1.82, 2.24) is 4.98 Å². The molecular formula is C12H20N2O. The fraction of sp³-hybridized carbons (Fsp3) is 0.583. The average Bonchev–Trinajstić information content (AvgIpc) is 2.25. The molecule has 0 aliphatic carbocycles. The highest BCUT2D eigenvalue weighted by atomic mass is 16.5. The van der Waals surface area contributed by atoms with Crippen molar-refractivity contribution in [2.45, 2.75) is 26.7 Å². The molecule has 0 saturated carbocycles. The zero-order valence-corrected chi connectivity index (χ0v) is 9.62. The maximum Gasteiger partial charge on any atom is 0.0482 e. The second-order valence-electron chi connectivity index (χ2n) is 3.58. The number of nitrogens with zero attached hydrogens (tertiary/aromatic N) is 1. The van der Waals surface area contributed by atoms with E-state index in [1.54, 1.807) is 0 Å². The van der Waals surface area contributed by atoms with Gasteiger partial charge in [0.2, 0.25) is 0 Å². The molecule has 3 nitrogen and oxygen atoms in total. The van der Waals surface area contributed by atoms with Crippen LogP contribution in [0.15, 0.2) is 18.5 Å². The third kappa shape index (κ3) is 4.79. The maximum atomic E-state index is 5.40. The Labute approximate surface area is 91.9 Å². The molecule has 0 radical (unpaired) electrons. The van der Waals surface area contributed by atoms with Crippen molar-refractivity contribution < 1.29 is 4.74 Å². The van der Waals surface area contributed by atoms with E-state index in [-0.39, 0.29) is 0 Å². The Bertz CT molecular complexity index is 276. The number of nitrogens with one attached hydrogen (secondary N) is 1. The first-order chi connectivity index (χ1) is 7.34. The van der Waals surface area contributed by atoms with E-state index in [1.165, 1.54) is 11.3 Å². The molecule has 0 amide bonds. The van der Waals surface area contributed by atoms with Gasteiger partial charge in [-0.15, -0.1) is 0 Å². The molecule has 0 spiro atoms. The van der Waals surface area contributed by atoms with Crippen LogP contribution in [0.25, 0.3) is 0 Å². The molecule has 0 saturated heterocycles. The van der Waals surface area contributed by atoms with Crippen molar-refractivity contribution in [3.63, 3.8) is 0 Å². The Morgan fingerprint density at radius 1 is 1.40 bits per heavy atom. The summed E-state index contributed by atoms with van der Waals surface area (Å²) in [6.45, 7) is 6.84. The van der Waals surface area contributed by atoms with E-state index in [1.807, 2.05) is 18.5 Å². The van der Waals surface area contributed by atoms with Crippen LogP contribution in [0, 0.1) is 6.92 Å². The summed E-state index contributed by atoms with van der Waals surface area (Å²) in [5.74, 6) is 0. The first-order valence-corrected chi connectivity index (χ1v) is 5.57. The van der Waals surface area contributed by atoms with Crippen molar-refractivity contribution in [2.24, 2.45) is 0 Å². The predicted octanol–water partition coefficient (Wildman–Crippen LogP) is 2.62. The summed E-state index contributed by atoms with van der Waals surface area (Å²) in [6, 6.07) is 2.00. The Kier molecular flexibility index (Phi) is 5.78. The molecule has 84 valence electrons. The molecule has 0 unspecified atom stereocenters. The minimum atomic E-state index is 0.838. The summed E-state index contributed by atoms with van der Waals surface area (Å²) >= 11 is 0. The summed E-state index contributed by atoms with van der Waals surface area (Å²) in [5, 5.41) is 3.37. The topological polar surface area (TPSA) is 34.1 Å². The lowest BCUT2D eigenvalue weighted by molar-refractivity contribution is 0.134. The number of ether oxygens (including phenoxy) is 1. The summed E-state index contributed by atoms with van der Waals surface area (Å²) in [7, 11) is 0. The molecule has 1 heterocycles. The van der Waals surface area contributed by atoms with Crippen molar-refractivity contribution in [2.75, 3.05) is 25.1 Å². The smallest absolute Gasteiger partial charge is 0.0482 e. The van der Waals surface area contributed by atoms with E-state index in [2.05, 4.69) is 24.1 Å². The lowest BCUT2D eigenvalue weighted by Crippen LogP contribution is -2.07. The van der Waals surface area contributed by atoms with Gasteiger partial charge in [0.05, 0.1) is 0 Å². The van der Waals surface area contributed by atoms with Crippen LogP contribution in [0.4, 0.5) is 5.69 Å².